The fourth-order valence-corrected chi connectivity index (χ4v) is 4.91. The third-order valence-corrected chi connectivity index (χ3v) is 6.38. The smallest absolute Gasteiger partial charge is 0.348 e. The zero-order valence-corrected chi connectivity index (χ0v) is 16.4. The van der Waals surface area contributed by atoms with Crippen molar-refractivity contribution in [1.82, 2.24) is 0 Å². The van der Waals surface area contributed by atoms with Gasteiger partial charge >= 0.3 is 11.9 Å². The van der Waals surface area contributed by atoms with E-state index in [2.05, 4.69) is 9.71 Å². The maximum Gasteiger partial charge on any atom is 0.348 e. The number of amidine groups is 1. The molecule has 0 unspecified atom stereocenters. The first-order valence-corrected chi connectivity index (χ1v) is 10.2. The van der Waals surface area contributed by atoms with Crippen molar-refractivity contribution in [2.75, 3.05) is 19.0 Å². The quantitative estimate of drug-likeness (QED) is 0.774. The number of hydrogen-bond donors (Lipinski definition) is 1. The topological polar surface area (TPSA) is 111 Å². The van der Waals surface area contributed by atoms with E-state index in [-0.39, 0.29) is 32.8 Å². The minimum Gasteiger partial charge on any atom is -0.465 e. The van der Waals surface area contributed by atoms with E-state index in [0.717, 1.165) is 11.3 Å². The van der Waals surface area contributed by atoms with Gasteiger partial charge in [-0.1, -0.05) is 12.1 Å². The first kappa shape index (κ1) is 19.1. The van der Waals surface area contributed by atoms with Crippen LogP contribution in [0.25, 0.3) is 0 Å². The third-order valence-electron chi connectivity index (χ3n) is 3.86. The van der Waals surface area contributed by atoms with Crippen LogP contribution >= 0.6 is 11.3 Å². The van der Waals surface area contributed by atoms with Crippen LogP contribution in [0.1, 0.15) is 38.1 Å². The number of esters is 2. The second-order valence-corrected chi connectivity index (χ2v) is 8.10. The van der Waals surface area contributed by atoms with Crippen molar-refractivity contribution in [2.24, 2.45) is 4.40 Å². The molecule has 0 spiro atoms. The molecular formula is C17H16N2O6S2. The molecule has 2 heterocycles. The van der Waals surface area contributed by atoms with Gasteiger partial charge in [-0.15, -0.1) is 15.7 Å². The number of nitrogens with one attached hydrogen (secondary N) is 1. The summed E-state index contributed by atoms with van der Waals surface area (Å²) in [6.45, 7) is 3.46. The van der Waals surface area contributed by atoms with Crippen molar-refractivity contribution in [3.05, 3.63) is 45.8 Å². The monoisotopic (exact) mass is 408 g/mol. The predicted octanol–water partition coefficient (Wildman–Crippen LogP) is 2.58. The molecule has 142 valence electrons. The zero-order chi connectivity index (χ0) is 19.8. The summed E-state index contributed by atoms with van der Waals surface area (Å²) in [5.74, 6) is -1.15. The van der Waals surface area contributed by atoms with Crippen molar-refractivity contribution in [2.45, 2.75) is 18.7 Å². The van der Waals surface area contributed by atoms with Gasteiger partial charge in [0.1, 0.15) is 14.8 Å². The van der Waals surface area contributed by atoms with E-state index in [1.807, 2.05) is 0 Å². The van der Waals surface area contributed by atoms with Crippen LogP contribution in [-0.4, -0.2) is 39.9 Å². The first-order chi connectivity index (χ1) is 12.8. The number of nitrogens with zero attached hydrogens (tertiary/aromatic N) is 1. The number of sulfonamides is 1. The first-order valence-electron chi connectivity index (χ1n) is 7.90. The summed E-state index contributed by atoms with van der Waals surface area (Å²) in [5.41, 5.74) is 0.912. The standard InChI is InChI=1S/C17H16N2O6S2/c1-4-25-17(21)13-9(2)12(16(20)24-3)15(26-13)18-14-10-7-5-6-8-11(10)27(22,23)19-14/h5-8H,4H2,1-3H3,(H,18,19). The predicted molar refractivity (Wildman–Crippen MR) is 100 cm³/mol. The Bertz CT molecular complexity index is 1070. The maximum absolute atomic E-state index is 12.2. The summed E-state index contributed by atoms with van der Waals surface area (Å²) in [4.78, 5) is 24.7. The lowest BCUT2D eigenvalue weighted by atomic mass is 10.1. The lowest BCUT2D eigenvalue weighted by molar-refractivity contribution is 0.0531. The molecule has 0 saturated carbocycles. The highest BCUT2D eigenvalue weighted by atomic mass is 32.2. The molecule has 8 nitrogen and oxygen atoms in total. The van der Waals surface area contributed by atoms with E-state index in [1.54, 1.807) is 32.0 Å². The third kappa shape index (κ3) is 3.33. The molecule has 3 rings (SSSR count). The van der Waals surface area contributed by atoms with Crippen LogP contribution in [0.15, 0.2) is 33.6 Å². The minimum atomic E-state index is -3.82. The van der Waals surface area contributed by atoms with Crippen LogP contribution in [-0.2, 0) is 19.5 Å². The normalized spacial score (nSPS) is 14.3. The van der Waals surface area contributed by atoms with Crippen molar-refractivity contribution in [3.63, 3.8) is 0 Å². The summed E-state index contributed by atoms with van der Waals surface area (Å²) < 4.78 is 38.0. The molecule has 10 heteroatoms. The van der Waals surface area contributed by atoms with Gasteiger partial charge in [0.25, 0.3) is 10.0 Å². The Morgan fingerprint density at radius 2 is 1.93 bits per heavy atom. The molecule has 1 N–H and O–H groups in total. The lowest BCUT2D eigenvalue weighted by Crippen LogP contribution is -2.14. The molecule has 1 aliphatic rings. The van der Waals surface area contributed by atoms with Gasteiger partial charge in [-0.2, -0.15) is 8.42 Å². The Hall–Kier alpha value is -2.72. The lowest BCUT2D eigenvalue weighted by Gasteiger charge is -2.07. The van der Waals surface area contributed by atoms with E-state index in [9.17, 15) is 18.0 Å². The van der Waals surface area contributed by atoms with E-state index in [1.165, 1.54) is 13.2 Å². The van der Waals surface area contributed by atoms with Crippen LogP contribution < -0.4 is 5.32 Å². The number of rotatable bonds is 4. The molecule has 0 atom stereocenters. The summed E-state index contributed by atoms with van der Waals surface area (Å²) in [7, 11) is -2.60. The number of methoxy groups -OCH3 is 1. The van der Waals surface area contributed by atoms with Gasteiger partial charge in [0.2, 0.25) is 0 Å². The van der Waals surface area contributed by atoms with E-state index < -0.39 is 22.0 Å². The fourth-order valence-electron chi connectivity index (χ4n) is 2.64. The molecule has 1 aliphatic heterocycles. The van der Waals surface area contributed by atoms with E-state index in [4.69, 9.17) is 9.47 Å². The summed E-state index contributed by atoms with van der Waals surface area (Å²) in [6.07, 6.45) is 0. The fraction of sp³-hybridized carbons (Fsp3) is 0.235. The Kier molecular flexibility index (Phi) is 5.03. The zero-order valence-electron chi connectivity index (χ0n) is 14.7. The Morgan fingerprint density at radius 3 is 2.59 bits per heavy atom. The second-order valence-electron chi connectivity index (χ2n) is 5.51. The largest absolute Gasteiger partial charge is 0.465 e. The maximum atomic E-state index is 12.2. The van der Waals surface area contributed by atoms with Crippen LogP contribution in [0, 0.1) is 6.92 Å². The number of anilines is 1. The molecule has 27 heavy (non-hydrogen) atoms. The minimum absolute atomic E-state index is 0.0750. The van der Waals surface area contributed by atoms with Crippen LogP contribution in [0.3, 0.4) is 0 Å². The molecule has 0 radical (unpaired) electrons. The highest BCUT2D eigenvalue weighted by Gasteiger charge is 2.31. The second kappa shape index (κ2) is 7.12. The molecular weight excluding hydrogens is 392 g/mol. The summed E-state index contributed by atoms with van der Waals surface area (Å²) in [6, 6.07) is 6.34. The highest BCUT2D eigenvalue weighted by Crippen LogP contribution is 2.36. The number of fused-ring (bicyclic) bond motifs is 1. The molecule has 1 aromatic heterocycles. The molecule has 2 aromatic rings. The van der Waals surface area contributed by atoms with Gasteiger partial charge in [-0.05, 0) is 31.5 Å². The van der Waals surface area contributed by atoms with Crippen LogP contribution in [0.5, 0.6) is 0 Å². The number of thiophene rings is 1. The molecule has 0 amide bonds. The Balaban J connectivity index is 2.09. The molecule has 1 aromatic carbocycles. The van der Waals surface area contributed by atoms with Gasteiger partial charge < -0.3 is 14.8 Å². The van der Waals surface area contributed by atoms with Crippen molar-refractivity contribution in [3.8, 4) is 0 Å². The van der Waals surface area contributed by atoms with E-state index >= 15 is 0 Å². The SMILES string of the molecule is CCOC(=O)c1sc(NC2=NS(=O)(=O)c3ccccc32)c(C(=O)OC)c1C. The van der Waals surface area contributed by atoms with Gasteiger partial charge in [-0.25, -0.2) is 9.59 Å². The molecule has 0 fully saturated rings. The average molecular weight is 408 g/mol. The molecule has 0 bridgehead atoms. The number of carbonyl (C=O) groups is 2. The van der Waals surface area contributed by atoms with Crippen molar-refractivity contribution >= 4 is 44.1 Å². The average Bonchev–Trinajstić information content (AvgIpc) is 3.09. The van der Waals surface area contributed by atoms with Crippen LogP contribution in [0.4, 0.5) is 5.00 Å². The number of hydrogen-bond acceptors (Lipinski definition) is 8. The Labute approximate surface area is 159 Å². The summed E-state index contributed by atoms with van der Waals surface area (Å²) >= 11 is 0.977. The van der Waals surface area contributed by atoms with Gasteiger partial charge in [0.05, 0.1) is 19.3 Å². The van der Waals surface area contributed by atoms with Crippen molar-refractivity contribution in [1.29, 1.82) is 0 Å². The van der Waals surface area contributed by atoms with Gasteiger partial charge in [0.15, 0.2) is 5.84 Å². The Morgan fingerprint density at radius 1 is 1.22 bits per heavy atom. The molecule has 0 aliphatic carbocycles. The van der Waals surface area contributed by atoms with Gasteiger partial charge in [-0.3, -0.25) is 0 Å². The summed E-state index contributed by atoms with van der Waals surface area (Å²) in [5, 5.41) is 3.13. The van der Waals surface area contributed by atoms with Crippen LogP contribution in [0.2, 0.25) is 0 Å². The number of carbonyl (C=O) groups excluding carboxylic acids is 2. The van der Waals surface area contributed by atoms with Gasteiger partial charge in [0, 0.05) is 5.56 Å². The van der Waals surface area contributed by atoms with Crippen molar-refractivity contribution < 1.29 is 27.5 Å². The number of benzene rings is 1. The number of ether oxygens (including phenoxy) is 2. The highest BCUT2D eigenvalue weighted by molar-refractivity contribution is 7.90. The molecule has 0 saturated heterocycles. The van der Waals surface area contributed by atoms with E-state index in [0.29, 0.717) is 11.1 Å².